The Hall–Kier alpha value is -2.64. The molecule has 3 aromatic carbocycles. The average Bonchev–Trinajstić information content (AvgIpc) is 2.76. The van der Waals surface area contributed by atoms with Crippen molar-refractivity contribution in [2.24, 2.45) is 0 Å². The topological polar surface area (TPSA) is 3.24 Å². The SMILES string of the molecule is C1=C(Cc2ccc(-c3ccccc3)cc2)CC2CCCC1N2Cc1ccccc1. The Morgan fingerprint density at radius 1 is 0.690 bits per heavy atom. The number of piperidine rings is 1. The summed E-state index contributed by atoms with van der Waals surface area (Å²) in [5, 5.41) is 0. The van der Waals surface area contributed by atoms with Crippen LogP contribution in [0.15, 0.2) is 96.6 Å². The molecule has 1 heteroatoms. The van der Waals surface area contributed by atoms with Gasteiger partial charge in [-0.3, -0.25) is 4.90 Å². The molecule has 2 unspecified atom stereocenters. The van der Waals surface area contributed by atoms with Crippen LogP contribution in [0, 0.1) is 0 Å². The van der Waals surface area contributed by atoms with Gasteiger partial charge < -0.3 is 0 Å². The Labute approximate surface area is 174 Å². The normalized spacial score (nSPS) is 21.6. The lowest BCUT2D eigenvalue weighted by Gasteiger charge is -2.45. The van der Waals surface area contributed by atoms with Gasteiger partial charge in [0.15, 0.2) is 0 Å². The maximum absolute atomic E-state index is 2.75. The number of rotatable bonds is 5. The molecule has 1 saturated heterocycles. The Morgan fingerprint density at radius 3 is 2.10 bits per heavy atom. The molecule has 1 fully saturated rings. The summed E-state index contributed by atoms with van der Waals surface area (Å²) in [6.07, 6.45) is 8.93. The Morgan fingerprint density at radius 2 is 1.38 bits per heavy atom. The molecule has 0 N–H and O–H groups in total. The van der Waals surface area contributed by atoms with Gasteiger partial charge in [-0.1, -0.05) is 103 Å². The highest BCUT2D eigenvalue weighted by Gasteiger charge is 2.33. The highest BCUT2D eigenvalue weighted by molar-refractivity contribution is 5.63. The summed E-state index contributed by atoms with van der Waals surface area (Å²) in [6.45, 7) is 1.09. The minimum Gasteiger partial charge on any atom is -0.289 e. The van der Waals surface area contributed by atoms with Crippen molar-refractivity contribution in [3.63, 3.8) is 0 Å². The zero-order valence-corrected chi connectivity index (χ0v) is 17.0. The monoisotopic (exact) mass is 379 g/mol. The summed E-state index contributed by atoms with van der Waals surface area (Å²) in [6, 6.07) is 32.1. The van der Waals surface area contributed by atoms with Crippen LogP contribution < -0.4 is 0 Å². The van der Waals surface area contributed by atoms with Gasteiger partial charge >= 0.3 is 0 Å². The van der Waals surface area contributed by atoms with Crippen molar-refractivity contribution in [1.29, 1.82) is 0 Å². The summed E-state index contributed by atoms with van der Waals surface area (Å²) >= 11 is 0. The fraction of sp³-hybridized carbons (Fsp3) is 0.286. The third-order valence-electron chi connectivity index (χ3n) is 6.56. The van der Waals surface area contributed by atoms with E-state index in [0.29, 0.717) is 12.1 Å². The highest BCUT2D eigenvalue weighted by Crippen LogP contribution is 2.35. The second kappa shape index (κ2) is 8.39. The molecular weight excluding hydrogens is 350 g/mol. The van der Waals surface area contributed by atoms with E-state index >= 15 is 0 Å². The zero-order chi connectivity index (χ0) is 19.5. The fourth-order valence-corrected chi connectivity index (χ4v) is 5.09. The number of nitrogens with zero attached hydrogens (tertiary/aromatic N) is 1. The molecule has 0 aromatic heterocycles. The summed E-state index contributed by atoms with van der Waals surface area (Å²) in [7, 11) is 0. The number of hydrogen-bond donors (Lipinski definition) is 0. The van der Waals surface area contributed by atoms with Crippen LogP contribution in [-0.4, -0.2) is 17.0 Å². The lowest BCUT2D eigenvalue weighted by molar-refractivity contribution is 0.0880. The van der Waals surface area contributed by atoms with Crippen LogP contribution >= 0.6 is 0 Å². The first-order valence-electron chi connectivity index (χ1n) is 11.0. The summed E-state index contributed by atoms with van der Waals surface area (Å²) < 4.78 is 0. The van der Waals surface area contributed by atoms with E-state index in [1.807, 2.05) is 0 Å². The average molecular weight is 380 g/mol. The Bertz CT molecular complexity index is 956. The molecule has 2 heterocycles. The molecule has 3 aromatic rings. The van der Waals surface area contributed by atoms with Crippen molar-refractivity contribution in [2.45, 2.75) is 50.7 Å². The van der Waals surface area contributed by atoms with Gasteiger partial charge in [0.25, 0.3) is 0 Å². The first-order chi connectivity index (χ1) is 14.3. The van der Waals surface area contributed by atoms with Gasteiger partial charge in [-0.15, -0.1) is 0 Å². The van der Waals surface area contributed by atoms with Gasteiger partial charge in [0.05, 0.1) is 0 Å². The van der Waals surface area contributed by atoms with Crippen LogP contribution in [0.1, 0.15) is 36.8 Å². The molecular formula is C28H29N. The number of hydrogen-bond acceptors (Lipinski definition) is 1. The molecule has 2 atom stereocenters. The molecule has 0 amide bonds. The summed E-state index contributed by atoms with van der Waals surface area (Å²) in [4.78, 5) is 2.75. The van der Waals surface area contributed by atoms with Gasteiger partial charge in [0.2, 0.25) is 0 Å². The highest BCUT2D eigenvalue weighted by atomic mass is 15.2. The number of benzene rings is 3. The van der Waals surface area contributed by atoms with Gasteiger partial charge in [0, 0.05) is 18.6 Å². The summed E-state index contributed by atoms with van der Waals surface area (Å²) in [5.74, 6) is 0. The van der Waals surface area contributed by atoms with Crippen molar-refractivity contribution in [3.05, 3.63) is 108 Å². The molecule has 0 saturated carbocycles. The van der Waals surface area contributed by atoms with E-state index in [9.17, 15) is 0 Å². The van der Waals surface area contributed by atoms with E-state index in [4.69, 9.17) is 0 Å². The molecule has 2 aliphatic rings. The van der Waals surface area contributed by atoms with Crippen molar-refractivity contribution in [2.75, 3.05) is 0 Å². The third-order valence-corrected chi connectivity index (χ3v) is 6.56. The van der Waals surface area contributed by atoms with Gasteiger partial charge in [-0.2, -0.15) is 0 Å². The van der Waals surface area contributed by atoms with Crippen LogP contribution in [0.25, 0.3) is 11.1 Å². The van der Waals surface area contributed by atoms with Crippen molar-refractivity contribution < 1.29 is 0 Å². The minimum atomic E-state index is 0.612. The lowest BCUT2D eigenvalue weighted by Crippen LogP contribution is -2.48. The minimum absolute atomic E-state index is 0.612. The smallest absolute Gasteiger partial charge is 0.0287 e. The molecule has 0 radical (unpaired) electrons. The Balaban J connectivity index is 1.30. The molecule has 2 aliphatic heterocycles. The maximum atomic E-state index is 2.75. The van der Waals surface area contributed by atoms with Crippen molar-refractivity contribution in [1.82, 2.24) is 4.90 Å². The predicted molar refractivity (Wildman–Crippen MR) is 122 cm³/mol. The lowest BCUT2D eigenvalue weighted by atomic mass is 9.83. The van der Waals surface area contributed by atoms with Crippen molar-refractivity contribution in [3.8, 4) is 11.1 Å². The van der Waals surface area contributed by atoms with Gasteiger partial charge in [-0.05, 0) is 47.9 Å². The van der Waals surface area contributed by atoms with Gasteiger partial charge in [-0.25, -0.2) is 0 Å². The summed E-state index contributed by atoms with van der Waals surface area (Å²) in [5.41, 5.74) is 7.11. The molecule has 29 heavy (non-hydrogen) atoms. The van der Waals surface area contributed by atoms with Crippen molar-refractivity contribution >= 4 is 0 Å². The zero-order valence-electron chi connectivity index (χ0n) is 17.0. The van der Waals surface area contributed by atoms with E-state index in [1.54, 1.807) is 5.57 Å². The Kier molecular flexibility index (Phi) is 5.32. The van der Waals surface area contributed by atoms with E-state index in [0.717, 1.165) is 13.0 Å². The largest absolute Gasteiger partial charge is 0.289 e. The third kappa shape index (κ3) is 4.21. The van der Waals surface area contributed by atoms with Crippen LogP contribution in [0.4, 0.5) is 0 Å². The second-order valence-corrected chi connectivity index (χ2v) is 8.58. The fourth-order valence-electron chi connectivity index (χ4n) is 5.09. The van der Waals surface area contributed by atoms with Crippen LogP contribution in [0.3, 0.4) is 0 Å². The van der Waals surface area contributed by atoms with Gasteiger partial charge in [0.1, 0.15) is 0 Å². The first-order valence-corrected chi connectivity index (χ1v) is 11.0. The standard InChI is InChI=1S/C28H29N/c1-3-8-23(9-4-1)21-29-27-12-7-13-28(29)20-24(19-27)18-22-14-16-26(17-15-22)25-10-5-2-6-11-25/h1-6,8-11,14-17,19,27-28H,7,12-13,18,20-21H2. The van der Waals surface area contributed by atoms with E-state index in [1.165, 1.54) is 47.9 Å². The van der Waals surface area contributed by atoms with Crippen LogP contribution in [0.5, 0.6) is 0 Å². The second-order valence-electron chi connectivity index (χ2n) is 8.58. The molecule has 5 rings (SSSR count). The van der Waals surface area contributed by atoms with E-state index < -0.39 is 0 Å². The maximum Gasteiger partial charge on any atom is 0.0287 e. The molecule has 2 bridgehead atoms. The van der Waals surface area contributed by atoms with E-state index in [2.05, 4.69) is 95.9 Å². The number of fused-ring (bicyclic) bond motifs is 2. The van der Waals surface area contributed by atoms with E-state index in [-0.39, 0.29) is 0 Å². The van der Waals surface area contributed by atoms with Crippen LogP contribution in [-0.2, 0) is 13.0 Å². The molecule has 146 valence electrons. The predicted octanol–water partition coefficient (Wildman–Crippen LogP) is 6.65. The quantitative estimate of drug-likeness (QED) is 0.449. The molecule has 0 spiro atoms. The first kappa shape index (κ1) is 18.4. The van der Waals surface area contributed by atoms with Crippen LogP contribution in [0.2, 0.25) is 0 Å². The molecule has 1 nitrogen and oxygen atoms in total. The molecule has 0 aliphatic carbocycles.